The Bertz CT molecular complexity index is 557. The number of hydrogen-bond acceptors (Lipinski definition) is 6. The van der Waals surface area contributed by atoms with Gasteiger partial charge in [-0.3, -0.25) is 4.79 Å². The molecule has 1 N–H and O–H groups in total. The predicted octanol–water partition coefficient (Wildman–Crippen LogP) is 1.43. The Balaban J connectivity index is 2.34. The maximum Gasteiger partial charge on any atom is 0.332 e. The minimum absolute atomic E-state index is 0.330. The number of methoxy groups -OCH3 is 2. The third kappa shape index (κ3) is 6.80. The summed E-state index contributed by atoms with van der Waals surface area (Å²) in [4.78, 5) is 21.8. The highest BCUT2D eigenvalue weighted by Crippen LogP contribution is 2.06. The number of aldehydes is 1. The standard InChI is InChI=1S/C17H21NO5/c1-13(11-19)9-15(21-2)5-4-8-23-12-14-6-7-16(18-10-14)17(20)22-3/h4-7,9-11,16,18H,1,8,12H2,2-3H3/b5-4-,15-9+/t16-/m1/s1. The summed E-state index contributed by atoms with van der Waals surface area (Å²) in [6.07, 6.45) is 10.9. The van der Waals surface area contributed by atoms with E-state index >= 15 is 0 Å². The van der Waals surface area contributed by atoms with Gasteiger partial charge in [0, 0.05) is 11.8 Å². The second kappa shape index (κ2) is 10.2. The number of nitrogens with one attached hydrogen (secondary N) is 1. The van der Waals surface area contributed by atoms with Gasteiger partial charge in [-0.25, -0.2) is 4.79 Å². The molecule has 0 spiro atoms. The molecule has 0 saturated heterocycles. The molecule has 1 heterocycles. The van der Waals surface area contributed by atoms with Crippen molar-refractivity contribution >= 4 is 12.3 Å². The quantitative estimate of drug-likeness (QED) is 0.173. The SMILES string of the molecule is C=C(C=O)/C=C(\C=C/COCC1=CN[C@@H](C(=O)OC)C=C1)OC. The molecule has 0 aromatic carbocycles. The smallest absolute Gasteiger partial charge is 0.332 e. The normalized spacial score (nSPS) is 17.4. The van der Waals surface area contributed by atoms with Crippen molar-refractivity contribution in [2.45, 2.75) is 6.04 Å². The van der Waals surface area contributed by atoms with Crippen LogP contribution in [0.4, 0.5) is 0 Å². The van der Waals surface area contributed by atoms with Crippen LogP contribution in [0.1, 0.15) is 0 Å². The van der Waals surface area contributed by atoms with Gasteiger partial charge >= 0.3 is 5.97 Å². The molecule has 0 aromatic heterocycles. The zero-order valence-corrected chi connectivity index (χ0v) is 13.3. The van der Waals surface area contributed by atoms with Gasteiger partial charge in [-0.15, -0.1) is 0 Å². The van der Waals surface area contributed by atoms with E-state index in [4.69, 9.17) is 9.47 Å². The summed E-state index contributed by atoms with van der Waals surface area (Å²) in [5.74, 6) is 0.182. The molecule has 1 aliphatic heterocycles. The van der Waals surface area contributed by atoms with E-state index in [0.717, 1.165) is 5.57 Å². The lowest BCUT2D eigenvalue weighted by atomic mass is 10.1. The highest BCUT2D eigenvalue weighted by atomic mass is 16.5. The first-order chi connectivity index (χ1) is 11.1. The lowest BCUT2D eigenvalue weighted by Crippen LogP contribution is -2.34. The van der Waals surface area contributed by atoms with E-state index in [1.165, 1.54) is 20.3 Å². The maximum atomic E-state index is 11.3. The lowest BCUT2D eigenvalue weighted by molar-refractivity contribution is -0.141. The number of rotatable bonds is 9. The number of carbonyl (C=O) groups is 2. The number of carbonyl (C=O) groups excluding carboxylic acids is 2. The van der Waals surface area contributed by atoms with Gasteiger partial charge in [0.1, 0.15) is 18.1 Å². The second-order valence-corrected chi connectivity index (χ2v) is 4.61. The third-order valence-electron chi connectivity index (χ3n) is 2.89. The number of dihydropyridines is 1. The number of allylic oxidation sites excluding steroid dienone is 3. The monoisotopic (exact) mass is 319 g/mol. The number of ether oxygens (including phenoxy) is 3. The Kier molecular flexibility index (Phi) is 8.17. The minimum Gasteiger partial charge on any atom is -0.497 e. The first-order valence-electron chi connectivity index (χ1n) is 6.96. The predicted molar refractivity (Wildman–Crippen MR) is 86.4 cm³/mol. The van der Waals surface area contributed by atoms with Gasteiger partial charge in [0.2, 0.25) is 0 Å². The van der Waals surface area contributed by atoms with Gasteiger partial charge in [0.25, 0.3) is 0 Å². The molecule has 1 rings (SSSR count). The largest absolute Gasteiger partial charge is 0.497 e. The Morgan fingerprint density at radius 2 is 2.17 bits per heavy atom. The summed E-state index contributed by atoms with van der Waals surface area (Å²) >= 11 is 0. The van der Waals surface area contributed by atoms with E-state index in [1.54, 1.807) is 24.4 Å². The van der Waals surface area contributed by atoms with Gasteiger partial charge < -0.3 is 19.5 Å². The molecular weight excluding hydrogens is 298 g/mol. The van der Waals surface area contributed by atoms with Crippen LogP contribution in [0, 0.1) is 0 Å². The fourth-order valence-electron chi connectivity index (χ4n) is 1.68. The molecule has 1 atom stereocenters. The van der Waals surface area contributed by atoms with Crippen LogP contribution < -0.4 is 5.32 Å². The number of hydrogen-bond donors (Lipinski definition) is 1. The van der Waals surface area contributed by atoms with Crippen LogP contribution in [0.5, 0.6) is 0 Å². The fraction of sp³-hybridized carbons (Fsp3) is 0.294. The summed E-state index contributed by atoms with van der Waals surface area (Å²) in [7, 11) is 2.86. The van der Waals surface area contributed by atoms with Crippen LogP contribution in [0.25, 0.3) is 0 Å². The summed E-state index contributed by atoms with van der Waals surface area (Å²) in [6.45, 7) is 4.32. The molecule has 0 saturated carbocycles. The molecule has 0 aliphatic carbocycles. The van der Waals surface area contributed by atoms with E-state index in [1.807, 2.05) is 6.08 Å². The third-order valence-corrected chi connectivity index (χ3v) is 2.89. The molecule has 0 fully saturated rings. The van der Waals surface area contributed by atoms with Crippen molar-refractivity contribution in [3.63, 3.8) is 0 Å². The average Bonchev–Trinajstić information content (AvgIpc) is 2.59. The molecule has 0 unspecified atom stereocenters. The molecule has 0 aromatic rings. The van der Waals surface area contributed by atoms with Crippen molar-refractivity contribution in [2.24, 2.45) is 0 Å². The second-order valence-electron chi connectivity index (χ2n) is 4.61. The number of esters is 1. The van der Waals surface area contributed by atoms with Crippen molar-refractivity contribution in [3.05, 3.63) is 60.1 Å². The van der Waals surface area contributed by atoms with Crippen molar-refractivity contribution in [1.82, 2.24) is 5.32 Å². The summed E-state index contributed by atoms with van der Waals surface area (Å²) in [5.41, 5.74) is 1.24. The fourth-order valence-corrected chi connectivity index (χ4v) is 1.68. The van der Waals surface area contributed by atoms with Crippen molar-refractivity contribution < 1.29 is 23.8 Å². The van der Waals surface area contributed by atoms with E-state index in [-0.39, 0.29) is 5.97 Å². The topological polar surface area (TPSA) is 73.9 Å². The Morgan fingerprint density at radius 3 is 2.74 bits per heavy atom. The Labute approximate surface area is 135 Å². The van der Waals surface area contributed by atoms with Gasteiger partial charge in [0.05, 0.1) is 27.4 Å². The van der Waals surface area contributed by atoms with Crippen LogP contribution in [0.3, 0.4) is 0 Å². The molecule has 0 bridgehead atoms. The highest BCUT2D eigenvalue weighted by Gasteiger charge is 2.16. The van der Waals surface area contributed by atoms with Crippen molar-refractivity contribution in [3.8, 4) is 0 Å². The van der Waals surface area contributed by atoms with Gasteiger partial charge in [-0.1, -0.05) is 24.8 Å². The lowest BCUT2D eigenvalue weighted by Gasteiger charge is -2.16. The zero-order chi connectivity index (χ0) is 17.1. The highest BCUT2D eigenvalue weighted by molar-refractivity contribution is 5.78. The molecule has 124 valence electrons. The van der Waals surface area contributed by atoms with Crippen LogP contribution >= 0.6 is 0 Å². The van der Waals surface area contributed by atoms with E-state index < -0.39 is 6.04 Å². The summed E-state index contributed by atoms with van der Waals surface area (Å²) in [5, 5.41) is 2.92. The van der Waals surface area contributed by atoms with Crippen molar-refractivity contribution in [1.29, 1.82) is 0 Å². The first-order valence-corrected chi connectivity index (χ1v) is 6.96. The molecule has 1 aliphatic rings. The maximum absolute atomic E-state index is 11.3. The average molecular weight is 319 g/mol. The molecule has 6 heteroatoms. The van der Waals surface area contributed by atoms with Crippen LogP contribution in [-0.4, -0.2) is 45.7 Å². The van der Waals surface area contributed by atoms with Crippen molar-refractivity contribution in [2.75, 3.05) is 27.4 Å². The van der Waals surface area contributed by atoms with E-state index in [2.05, 4.69) is 16.6 Å². The van der Waals surface area contributed by atoms with Gasteiger partial charge in [-0.05, 0) is 17.7 Å². The Hall–Kier alpha value is -2.60. The van der Waals surface area contributed by atoms with E-state index in [9.17, 15) is 9.59 Å². The van der Waals surface area contributed by atoms with Gasteiger partial charge in [-0.2, -0.15) is 0 Å². The van der Waals surface area contributed by atoms with E-state index in [0.29, 0.717) is 30.8 Å². The van der Waals surface area contributed by atoms with Crippen LogP contribution in [0.2, 0.25) is 0 Å². The van der Waals surface area contributed by atoms with Crippen LogP contribution in [-0.2, 0) is 23.8 Å². The summed E-state index contributed by atoms with van der Waals surface area (Å²) < 4.78 is 15.2. The molecule has 0 amide bonds. The first kappa shape index (κ1) is 18.4. The van der Waals surface area contributed by atoms with Gasteiger partial charge in [0.15, 0.2) is 0 Å². The molecule has 0 radical (unpaired) electrons. The molecule has 6 nitrogen and oxygen atoms in total. The zero-order valence-electron chi connectivity index (χ0n) is 13.3. The Morgan fingerprint density at radius 1 is 1.39 bits per heavy atom. The summed E-state index contributed by atoms with van der Waals surface area (Å²) in [6, 6.07) is -0.455. The molecule has 23 heavy (non-hydrogen) atoms. The molecular formula is C17H21NO5. The van der Waals surface area contributed by atoms with Crippen LogP contribution in [0.15, 0.2) is 60.1 Å². The minimum atomic E-state index is -0.455.